The van der Waals surface area contributed by atoms with Gasteiger partial charge in [-0.15, -0.1) is 12.3 Å². The van der Waals surface area contributed by atoms with Crippen molar-refractivity contribution in [1.29, 1.82) is 0 Å². The summed E-state index contributed by atoms with van der Waals surface area (Å²) in [6.45, 7) is 5.65. The second-order valence-corrected chi connectivity index (χ2v) is 4.90. The molecule has 0 spiro atoms. The first-order valence-electron chi connectivity index (χ1n) is 6.44. The number of imide groups is 1. The van der Waals surface area contributed by atoms with Gasteiger partial charge in [0.1, 0.15) is 0 Å². The van der Waals surface area contributed by atoms with Crippen molar-refractivity contribution in [3.05, 3.63) is 34.4 Å². The number of fused-ring (bicyclic) bond motifs is 1. The molecular weight excluding hydrogens is 238 g/mol. The van der Waals surface area contributed by atoms with Crippen molar-refractivity contribution in [3.8, 4) is 12.3 Å². The van der Waals surface area contributed by atoms with Crippen molar-refractivity contribution < 1.29 is 9.59 Å². The Kier molecular flexibility index (Phi) is 3.44. The van der Waals surface area contributed by atoms with E-state index < -0.39 is 0 Å². The molecular formula is C16H17NO2. The fourth-order valence-electron chi connectivity index (χ4n) is 2.58. The van der Waals surface area contributed by atoms with Crippen LogP contribution in [0.25, 0.3) is 0 Å². The third-order valence-electron chi connectivity index (χ3n) is 3.68. The lowest BCUT2D eigenvalue weighted by atomic mass is 9.99. The van der Waals surface area contributed by atoms with Gasteiger partial charge in [0.25, 0.3) is 11.8 Å². The Morgan fingerprint density at radius 3 is 2.00 bits per heavy atom. The summed E-state index contributed by atoms with van der Waals surface area (Å²) in [6.07, 6.45) is 6.41. The average molecular weight is 255 g/mol. The topological polar surface area (TPSA) is 37.4 Å². The number of carbonyl (C=O) groups is 2. The monoisotopic (exact) mass is 255 g/mol. The van der Waals surface area contributed by atoms with Crippen molar-refractivity contribution in [2.75, 3.05) is 0 Å². The van der Waals surface area contributed by atoms with Crippen LogP contribution in [-0.4, -0.2) is 22.8 Å². The molecule has 1 aromatic rings. The Balaban J connectivity index is 2.53. The van der Waals surface area contributed by atoms with Gasteiger partial charge in [0.15, 0.2) is 0 Å². The summed E-state index contributed by atoms with van der Waals surface area (Å²) in [5.41, 5.74) is 2.77. The molecule has 0 saturated carbocycles. The Morgan fingerprint density at radius 1 is 1.16 bits per heavy atom. The maximum Gasteiger partial charge on any atom is 0.262 e. The van der Waals surface area contributed by atoms with Gasteiger partial charge in [-0.1, -0.05) is 19.1 Å². The summed E-state index contributed by atoms with van der Waals surface area (Å²) >= 11 is 0. The number of terminal acetylenes is 1. The summed E-state index contributed by atoms with van der Waals surface area (Å²) in [5, 5.41) is 0. The largest absolute Gasteiger partial charge is 0.270 e. The quantitative estimate of drug-likeness (QED) is 0.615. The van der Waals surface area contributed by atoms with Crippen molar-refractivity contribution in [2.45, 2.75) is 39.7 Å². The van der Waals surface area contributed by atoms with Crippen molar-refractivity contribution >= 4 is 11.8 Å². The first-order valence-corrected chi connectivity index (χ1v) is 6.44. The van der Waals surface area contributed by atoms with Gasteiger partial charge in [-0.25, -0.2) is 0 Å². The van der Waals surface area contributed by atoms with Gasteiger partial charge < -0.3 is 0 Å². The maximum absolute atomic E-state index is 12.5. The molecule has 0 saturated heterocycles. The molecule has 3 heteroatoms. The molecule has 19 heavy (non-hydrogen) atoms. The molecule has 1 unspecified atom stereocenters. The van der Waals surface area contributed by atoms with Gasteiger partial charge in [-0.2, -0.15) is 0 Å². The van der Waals surface area contributed by atoms with Crippen LogP contribution in [0, 0.1) is 26.2 Å². The summed E-state index contributed by atoms with van der Waals surface area (Å²) in [6, 6.07) is 3.55. The number of rotatable bonds is 3. The van der Waals surface area contributed by atoms with E-state index in [1.807, 2.05) is 32.9 Å². The second kappa shape index (κ2) is 4.89. The molecule has 0 bridgehead atoms. The molecule has 0 aliphatic carbocycles. The number of carbonyl (C=O) groups excluding carboxylic acids is 2. The fraction of sp³-hybridized carbons (Fsp3) is 0.375. The average Bonchev–Trinajstić information content (AvgIpc) is 2.65. The molecule has 1 atom stereocenters. The first kappa shape index (κ1) is 13.4. The highest BCUT2D eigenvalue weighted by molar-refractivity contribution is 6.22. The highest BCUT2D eigenvalue weighted by atomic mass is 16.2. The van der Waals surface area contributed by atoms with Crippen LogP contribution in [0.1, 0.15) is 51.6 Å². The molecule has 1 heterocycles. The molecule has 0 radical (unpaired) electrons. The van der Waals surface area contributed by atoms with Crippen LogP contribution in [0.15, 0.2) is 12.1 Å². The SMILES string of the molecule is C#CCC(CC)N1C(=O)c2c(C)ccc(C)c2C1=O. The van der Waals surface area contributed by atoms with Crippen LogP contribution in [0.5, 0.6) is 0 Å². The lowest BCUT2D eigenvalue weighted by Crippen LogP contribution is -2.39. The van der Waals surface area contributed by atoms with E-state index >= 15 is 0 Å². The van der Waals surface area contributed by atoms with E-state index in [1.165, 1.54) is 4.90 Å². The Bertz CT molecular complexity index is 555. The molecule has 3 nitrogen and oxygen atoms in total. The van der Waals surface area contributed by atoms with Gasteiger partial charge in [-0.3, -0.25) is 14.5 Å². The summed E-state index contributed by atoms with van der Waals surface area (Å²) in [5.74, 6) is 2.14. The normalized spacial score (nSPS) is 15.4. The number of aryl methyl sites for hydroxylation is 2. The molecule has 98 valence electrons. The van der Waals surface area contributed by atoms with Crippen LogP contribution >= 0.6 is 0 Å². The third-order valence-corrected chi connectivity index (χ3v) is 3.68. The minimum absolute atomic E-state index is 0.205. The van der Waals surface area contributed by atoms with Gasteiger partial charge in [0.2, 0.25) is 0 Å². The van der Waals surface area contributed by atoms with E-state index in [-0.39, 0.29) is 17.9 Å². The van der Waals surface area contributed by atoms with E-state index in [0.717, 1.165) is 11.1 Å². The molecule has 1 aliphatic heterocycles. The van der Waals surface area contributed by atoms with Crippen LogP contribution in [0.2, 0.25) is 0 Å². The van der Waals surface area contributed by atoms with Gasteiger partial charge >= 0.3 is 0 Å². The molecule has 0 aromatic heterocycles. The number of amides is 2. The Labute approximate surface area is 113 Å². The van der Waals surface area contributed by atoms with Gasteiger partial charge in [0.05, 0.1) is 17.2 Å². The van der Waals surface area contributed by atoms with Crippen LogP contribution in [0.3, 0.4) is 0 Å². The predicted octanol–water partition coefficient (Wildman–Crippen LogP) is 2.70. The molecule has 2 amide bonds. The zero-order valence-corrected chi connectivity index (χ0v) is 11.5. The van der Waals surface area contributed by atoms with Gasteiger partial charge in [-0.05, 0) is 31.4 Å². The fourth-order valence-corrected chi connectivity index (χ4v) is 2.58. The summed E-state index contributed by atoms with van der Waals surface area (Å²) < 4.78 is 0. The minimum Gasteiger partial charge on any atom is -0.270 e. The highest BCUT2D eigenvalue weighted by Crippen LogP contribution is 2.31. The number of nitrogens with zero attached hydrogens (tertiary/aromatic N) is 1. The van der Waals surface area contributed by atoms with Crippen molar-refractivity contribution in [3.63, 3.8) is 0 Å². The Morgan fingerprint density at radius 2 is 1.63 bits per heavy atom. The Hall–Kier alpha value is -2.08. The van der Waals surface area contributed by atoms with Crippen molar-refractivity contribution in [1.82, 2.24) is 4.90 Å². The van der Waals surface area contributed by atoms with E-state index in [1.54, 1.807) is 0 Å². The standard InChI is InChI=1S/C16H17NO2/c1-5-7-12(6-2)17-15(18)13-10(3)8-9-11(4)14(13)16(17)19/h1,8-9,12H,6-7H2,2-4H3. The van der Waals surface area contributed by atoms with E-state index in [0.29, 0.717) is 24.0 Å². The molecule has 1 aliphatic rings. The van der Waals surface area contributed by atoms with Crippen LogP contribution in [0.4, 0.5) is 0 Å². The highest BCUT2D eigenvalue weighted by Gasteiger charge is 2.40. The van der Waals surface area contributed by atoms with Crippen LogP contribution < -0.4 is 0 Å². The van der Waals surface area contributed by atoms with E-state index in [9.17, 15) is 9.59 Å². The lowest BCUT2D eigenvalue weighted by Gasteiger charge is -2.23. The van der Waals surface area contributed by atoms with Crippen LogP contribution in [-0.2, 0) is 0 Å². The first-order chi connectivity index (χ1) is 9.02. The third kappa shape index (κ3) is 1.94. The molecule has 1 aromatic carbocycles. The minimum atomic E-state index is -0.212. The zero-order chi connectivity index (χ0) is 14.2. The lowest BCUT2D eigenvalue weighted by molar-refractivity contribution is 0.0583. The number of hydrogen-bond donors (Lipinski definition) is 0. The smallest absolute Gasteiger partial charge is 0.262 e. The molecule has 0 N–H and O–H groups in total. The van der Waals surface area contributed by atoms with Gasteiger partial charge in [0, 0.05) is 6.42 Å². The van der Waals surface area contributed by atoms with E-state index in [2.05, 4.69) is 5.92 Å². The second-order valence-electron chi connectivity index (χ2n) is 4.90. The number of benzene rings is 1. The van der Waals surface area contributed by atoms with Crippen molar-refractivity contribution in [2.24, 2.45) is 0 Å². The molecule has 0 fully saturated rings. The maximum atomic E-state index is 12.5. The predicted molar refractivity (Wildman–Crippen MR) is 73.9 cm³/mol. The van der Waals surface area contributed by atoms with E-state index in [4.69, 9.17) is 6.42 Å². The number of hydrogen-bond acceptors (Lipinski definition) is 2. The zero-order valence-electron chi connectivity index (χ0n) is 11.5. The summed E-state index contributed by atoms with van der Waals surface area (Å²) in [7, 11) is 0. The molecule has 2 rings (SSSR count). The summed E-state index contributed by atoms with van der Waals surface area (Å²) in [4.78, 5) is 26.3.